The number of hydrogen-bond acceptors (Lipinski definition) is 4. The molecule has 0 saturated heterocycles. The first kappa shape index (κ1) is 16.2. The molecule has 0 radical (unpaired) electrons. The number of amides is 1. The number of hydrogen-bond donors (Lipinski definition) is 2. The molecule has 2 heterocycles. The van der Waals surface area contributed by atoms with E-state index in [4.69, 9.17) is 10.4 Å². The van der Waals surface area contributed by atoms with Crippen LogP contribution in [0.3, 0.4) is 0 Å². The Morgan fingerprint density at radius 1 is 1.20 bits per heavy atom. The summed E-state index contributed by atoms with van der Waals surface area (Å²) in [6.07, 6.45) is 3.31. The molecule has 2 aromatic heterocycles. The Kier molecular flexibility index (Phi) is 4.44. The van der Waals surface area contributed by atoms with E-state index in [1.165, 1.54) is 0 Å². The summed E-state index contributed by atoms with van der Waals surface area (Å²) in [5, 5.41) is 20.2. The lowest BCUT2D eigenvalue weighted by atomic mass is 10.1. The fourth-order valence-corrected chi connectivity index (χ4v) is 2.40. The number of aliphatic carboxylic acids is 1. The van der Waals surface area contributed by atoms with Gasteiger partial charge in [0.15, 0.2) is 5.65 Å². The molecule has 7 heteroatoms. The van der Waals surface area contributed by atoms with E-state index in [0.29, 0.717) is 22.6 Å². The molecule has 0 spiro atoms. The topological polar surface area (TPSA) is 107 Å². The summed E-state index contributed by atoms with van der Waals surface area (Å²) < 4.78 is 1.78. The van der Waals surface area contributed by atoms with Crippen LogP contribution in [-0.4, -0.2) is 26.4 Å². The first-order chi connectivity index (χ1) is 12.1. The van der Waals surface area contributed by atoms with Crippen molar-refractivity contribution in [3.05, 3.63) is 54.4 Å². The van der Waals surface area contributed by atoms with Crippen LogP contribution in [0.25, 0.3) is 16.9 Å². The standard InChI is InChI=1S/C18H14N4O3/c19-10-12-3-5-13(6-4-12)15-11-22-9-1-2-14(18(22)21-15)20-16(23)7-8-17(24)25/h1-6,9,11H,7-8H2,(H,20,23)(H,24,25). The molecular formula is C18H14N4O3. The summed E-state index contributed by atoms with van der Waals surface area (Å²) in [4.78, 5) is 27.0. The van der Waals surface area contributed by atoms with Crippen molar-refractivity contribution in [3.8, 4) is 17.3 Å². The van der Waals surface area contributed by atoms with Gasteiger partial charge in [-0.3, -0.25) is 9.59 Å². The number of carbonyl (C=O) groups excluding carboxylic acids is 1. The number of nitrogens with one attached hydrogen (secondary N) is 1. The Labute approximate surface area is 143 Å². The summed E-state index contributed by atoms with van der Waals surface area (Å²) in [5.41, 5.74) is 3.20. The summed E-state index contributed by atoms with van der Waals surface area (Å²) in [6, 6.07) is 12.6. The predicted octanol–water partition coefficient (Wildman–Crippen LogP) is 2.68. The van der Waals surface area contributed by atoms with Crippen LogP contribution in [-0.2, 0) is 9.59 Å². The summed E-state index contributed by atoms with van der Waals surface area (Å²) in [5.74, 6) is -1.39. The molecule has 7 nitrogen and oxygen atoms in total. The monoisotopic (exact) mass is 334 g/mol. The molecular weight excluding hydrogens is 320 g/mol. The molecule has 3 rings (SSSR count). The van der Waals surface area contributed by atoms with E-state index in [1.807, 2.05) is 24.5 Å². The van der Waals surface area contributed by atoms with Gasteiger partial charge in [-0.1, -0.05) is 12.1 Å². The minimum absolute atomic E-state index is 0.0976. The fraction of sp³-hybridized carbons (Fsp3) is 0.111. The lowest BCUT2D eigenvalue weighted by molar-refractivity contribution is -0.138. The minimum atomic E-state index is -1.02. The van der Waals surface area contributed by atoms with Gasteiger partial charge in [-0.2, -0.15) is 5.26 Å². The first-order valence-electron chi connectivity index (χ1n) is 7.57. The summed E-state index contributed by atoms with van der Waals surface area (Å²) in [7, 11) is 0. The highest BCUT2D eigenvalue weighted by molar-refractivity contribution is 5.95. The predicted molar refractivity (Wildman–Crippen MR) is 90.8 cm³/mol. The third-order valence-corrected chi connectivity index (χ3v) is 3.63. The fourth-order valence-electron chi connectivity index (χ4n) is 2.40. The third-order valence-electron chi connectivity index (χ3n) is 3.63. The molecule has 0 atom stereocenters. The highest BCUT2D eigenvalue weighted by Crippen LogP contribution is 2.23. The first-order valence-corrected chi connectivity index (χ1v) is 7.57. The zero-order valence-electron chi connectivity index (χ0n) is 13.1. The van der Waals surface area contributed by atoms with Gasteiger partial charge in [-0.15, -0.1) is 0 Å². The minimum Gasteiger partial charge on any atom is -0.481 e. The average Bonchev–Trinajstić information content (AvgIpc) is 3.05. The molecule has 0 unspecified atom stereocenters. The molecule has 1 aromatic carbocycles. The van der Waals surface area contributed by atoms with Crippen LogP contribution in [0.5, 0.6) is 0 Å². The van der Waals surface area contributed by atoms with Crippen molar-refractivity contribution in [1.82, 2.24) is 9.38 Å². The maximum absolute atomic E-state index is 11.9. The summed E-state index contributed by atoms with van der Waals surface area (Å²) >= 11 is 0. The van der Waals surface area contributed by atoms with Gasteiger partial charge in [0.05, 0.1) is 29.4 Å². The number of carboxylic acid groups (broad SMARTS) is 1. The number of carboxylic acids is 1. The molecule has 2 N–H and O–H groups in total. The van der Waals surface area contributed by atoms with Crippen LogP contribution in [0.15, 0.2) is 48.8 Å². The molecule has 0 aliphatic carbocycles. The molecule has 3 aromatic rings. The van der Waals surface area contributed by atoms with Crippen molar-refractivity contribution >= 4 is 23.2 Å². The largest absolute Gasteiger partial charge is 0.481 e. The van der Waals surface area contributed by atoms with Gasteiger partial charge < -0.3 is 14.8 Å². The number of pyridine rings is 1. The van der Waals surface area contributed by atoms with Crippen molar-refractivity contribution in [3.63, 3.8) is 0 Å². The van der Waals surface area contributed by atoms with E-state index in [1.54, 1.807) is 28.7 Å². The molecule has 124 valence electrons. The number of rotatable bonds is 5. The molecule has 0 fully saturated rings. The van der Waals surface area contributed by atoms with Crippen LogP contribution in [0.4, 0.5) is 5.69 Å². The Balaban J connectivity index is 1.88. The molecule has 0 aliphatic heterocycles. The second-order valence-corrected chi connectivity index (χ2v) is 5.41. The van der Waals surface area contributed by atoms with Gasteiger partial charge in [-0.05, 0) is 24.3 Å². The SMILES string of the molecule is N#Cc1ccc(-c2cn3cccc(NC(=O)CCC(=O)O)c3n2)cc1. The third kappa shape index (κ3) is 3.64. The molecule has 0 bridgehead atoms. The highest BCUT2D eigenvalue weighted by atomic mass is 16.4. The van der Waals surface area contributed by atoms with E-state index in [0.717, 1.165) is 5.56 Å². The normalized spacial score (nSPS) is 10.4. The van der Waals surface area contributed by atoms with Crippen LogP contribution in [0, 0.1) is 11.3 Å². The lowest BCUT2D eigenvalue weighted by Crippen LogP contribution is -2.13. The number of nitrogens with zero attached hydrogens (tertiary/aromatic N) is 3. The Bertz CT molecular complexity index is 984. The lowest BCUT2D eigenvalue weighted by Gasteiger charge is -2.05. The van der Waals surface area contributed by atoms with E-state index in [9.17, 15) is 9.59 Å². The van der Waals surface area contributed by atoms with Gasteiger partial charge in [0, 0.05) is 24.4 Å². The number of aromatic nitrogens is 2. The number of anilines is 1. The van der Waals surface area contributed by atoms with Crippen LogP contribution >= 0.6 is 0 Å². The zero-order chi connectivity index (χ0) is 17.8. The molecule has 0 aliphatic rings. The maximum atomic E-state index is 11.9. The zero-order valence-corrected chi connectivity index (χ0v) is 13.1. The Morgan fingerprint density at radius 2 is 1.96 bits per heavy atom. The number of carbonyl (C=O) groups is 2. The Morgan fingerprint density at radius 3 is 2.64 bits per heavy atom. The molecule has 1 amide bonds. The van der Waals surface area contributed by atoms with Crippen molar-refractivity contribution in [1.29, 1.82) is 5.26 Å². The molecule has 25 heavy (non-hydrogen) atoms. The second kappa shape index (κ2) is 6.84. The quantitative estimate of drug-likeness (QED) is 0.746. The molecule has 0 saturated carbocycles. The van der Waals surface area contributed by atoms with E-state index >= 15 is 0 Å². The van der Waals surface area contributed by atoms with Crippen molar-refractivity contribution < 1.29 is 14.7 Å². The number of benzene rings is 1. The number of imidazole rings is 1. The van der Waals surface area contributed by atoms with Crippen molar-refractivity contribution in [2.24, 2.45) is 0 Å². The van der Waals surface area contributed by atoms with Crippen LogP contribution in [0.1, 0.15) is 18.4 Å². The van der Waals surface area contributed by atoms with Gasteiger partial charge in [0.1, 0.15) is 0 Å². The maximum Gasteiger partial charge on any atom is 0.303 e. The van der Waals surface area contributed by atoms with E-state index < -0.39 is 5.97 Å². The smallest absolute Gasteiger partial charge is 0.303 e. The highest BCUT2D eigenvalue weighted by Gasteiger charge is 2.11. The van der Waals surface area contributed by atoms with Gasteiger partial charge in [0.25, 0.3) is 0 Å². The van der Waals surface area contributed by atoms with Gasteiger partial charge in [-0.25, -0.2) is 4.98 Å². The van der Waals surface area contributed by atoms with E-state index in [2.05, 4.69) is 16.4 Å². The summed E-state index contributed by atoms with van der Waals surface area (Å²) in [6.45, 7) is 0. The average molecular weight is 334 g/mol. The van der Waals surface area contributed by atoms with Crippen molar-refractivity contribution in [2.45, 2.75) is 12.8 Å². The van der Waals surface area contributed by atoms with Gasteiger partial charge in [0.2, 0.25) is 5.91 Å². The van der Waals surface area contributed by atoms with Crippen LogP contribution in [0.2, 0.25) is 0 Å². The van der Waals surface area contributed by atoms with Crippen molar-refractivity contribution in [2.75, 3.05) is 5.32 Å². The Hall–Kier alpha value is -3.66. The van der Waals surface area contributed by atoms with Gasteiger partial charge >= 0.3 is 5.97 Å². The number of fused-ring (bicyclic) bond motifs is 1. The second-order valence-electron chi connectivity index (χ2n) is 5.41. The van der Waals surface area contributed by atoms with Crippen LogP contribution < -0.4 is 5.32 Å². The van der Waals surface area contributed by atoms with E-state index in [-0.39, 0.29) is 18.7 Å². The number of nitriles is 1.